The molecule has 3 heterocycles. The lowest BCUT2D eigenvalue weighted by molar-refractivity contribution is -0.500. The maximum Gasteiger partial charge on any atom is 0.422 e. The molecule has 51 heavy (non-hydrogen) atoms. The Morgan fingerprint density at radius 2 is 1.39 bits per heavy atom. The van der Waals surface area contributed by atoms with Crippen molar-refractivity contribution in [2.45, 2.75) is 30.4 Å². The van der Waals surface area contributed by atoms with E-state index in [1.807, 2.05) is 4.90 Å². The maximum absolute atomic E-state index is 14.7. The van der Waals surface area contributed by atoms with E-state index in [1.165, 1.54) is 24.3 Å². The van der Waals surface area contributed by atoms with Crippen molar-refractivity contribution in [3.05, 3.63) is 89.4 Å². The number of piperazine rings is 1. The van der Waals surface area contributed by atoms with Crippen LogP contribution in [0.1, 0.15) is 26.4 Å². The Kier molecular flexibility index (Phi) is 9.16. The van der Waals surface area contributed by atoms with Crippen LogP contribution in [0.15, 0.2) is 66.7 Å². The van der Waals surface area contributed by atoms with Crippen LogP contribution in [0.25, 0.3) is 10.9 Å². The van der Waals surface area contributed by atoms with Gasteiger partial charge in [0.15, 0.2) is 11.5 Å². The van der Waals surface area contributed by atoms with Gasteiger partial charge >= 0.3 is 23.8 Å². The summed E-state index contributed by atoms with van der Waals surface area (Å²) in [6.45, 7) is 0.984. The molecule has 0 unspecified atom stereocenters. The third-order valence-electron chi connectivity index (χ3n) is 8.27. The first kappa shape index (κ1) is 35.9. The molecular weight excluding hydrogens is 681 g/mol. The van der Waals surface area contributed by atoms with E-state index in [1.54, 1.807) is 24.3 Å². The van der Waals surface area contributed by atoms with Gasteiger partial charge in [-0.3, -0.25) is 19.5 Å². The predicted octanol–water partition coefficient (Wildman–Crippen LogP) is -1.69. The normalized spacial score (nSPS) is 17.6. The van der Waals surface area contributed by atoms with Crippen molar-refractivity contribution in [2.24, 2.45) is 0 Å². The van der Waals surface area contributed by atoms with Crippen LogP contribution < -0.4 is 20.1 Å². The van der Waals surface area contributed by atoms with Crippen LogP contribution >= 0.6 is 0 Å². The number of carbonyl (C=O) groups is 2. The first-order chi connectivity index (χ1) is 23.8. The van der Waals surface area contributed by atoms with Crippen LogP contribution in [0.3, 0.4) is 0 Å². The number of aromatic nitrogens is 1. The number of ether oxygens (including phenoxy) is 2. The van der Waals surface area contributed by atoms with E-state index in [0.29, 0.717) is 36.2 Å². The highest BCUT2D eigenvalue weighted by atomic mass is 19.1. The van der Waals surface area contributed by atoms with Crippen molar-refractivity contribution in [1.82, 2.24) is 14.8 Å². The first-order valence-electron chi connectivity index (χ1n) is 15.2. The number of aliphatic hydroxyl groups is 9. The van der Waals surface area contributed by atoms with Gasteiger partial charge in [0.1, 0.15) is 5.82 Å². The van der Waals surface area contributed by atoms with Crippen molar-refractivity contribution < 1.29 is 69.4 Å². The summed E-state index contributed by atoms with van der Waals surface area (Å²) in [5, 5.41) is 91.6. The Hall–Kier alpha value is -4.90. The number of hydrogen-bond donors (Lipinski definition) is 11. The number of carbonyl (C=O) groups excluding carboxylic acids is 2. The van der Waals surface area contributed by atoms with Gasteiger partial charge in [0, 0.05) is 54.9 Å². The van der Waals surface area contributed by atoms with Crippen LogP contribution in [0.2, 0.25) is 0 Å². The number of benzene rings is 3. The molecule has 0 atom stereocenters. The lowest BCUT2D eigenvalue weighted by Crippen LogP contribution is -2.68. The SMILES string of the molecule is O=C(Nc1ccc(F)c(NC(=O)c2ccc3nc(CN4CCN(C(O)(O)C(O)(O)O)CC4)ccc3c2)c1)c1ccc2c(c1)OC(O)(O)C(O)(O)O2. The molecule has 1 aromatic heterocycles. The van der Waals surface area contributed by atoms with Crippen molar-refractivity contribution in [3.8, 4) is 11.5 Å². The monoisotopic (exact) mass is 713 g/mol. The number of nitrogens with one attached hydrogen (secondary N) is 2. The number of hydrogen-bond acceptors (Lipinski definition) is 16. The zero-order chi connectivity index (χ0) is 36.9. The average Bonchev–Trinajstić information content (AvgIpc) is 3.05. The van der Waals surface area contributed by atoms with Gasteiger partial charge < -0.3 is 66.1 Å². The Labute approximate surface area is 286 Å². The van der Waals surface area contributed by atoms with Gasteiger partial charge in [-0.05, 0) is 60.7 Å². The fourth-order valence-corrected chi connectivity index (χ4v) is 5.41. The summed E-state index contributed by atoms with van der Waals surface area (Å²) < 4.78 is 24.2. The smallest absolute Gasteiger partial charge is 0.422 e. The summed E-state index contributed by atoms with van der Waals surface area (Å²) in [5.74, 6) is -16.9. The second-order valence-electron chi connectivity index (χ2n) is 11.9. The average molecular weight is 714 g/mol. The molecule has 2 aliphatic heterocycles. The molecule has 2 aliphatic rings. The van der Waals surface area contributed by atoms with Crippen molar-refractivity contribution >= 4 is 34.1 Å². The maximum atomic E-state index is 14.7. The molecule has 19 heteroatoms. The molecule has 0 radical (unpaired) electrons. The van der Waals surface area contributed by atoms with Crippen LogP contribution in [-0.2, 0) is 6.54 Å². The van der Waals surface area contributed by atoms with E-state index < -0.39 is 41.5 Å². The van der Waals surface area contributed by atoms with E-state index in [2.05, 4.69) is 15.6 Å². The van der Waals surface area contributed by atoms with E-state index in [9.17, 15) is 59.9 Å². The summed E-state index contributed by atoms with van der Waals surface area (Å²) in [6.07, 6.45) is 0. The summed E-state index contributed by atoms with van der Waals surface area (Å²) in [6, 6.07) is 15.0. The zero-order valence-corrected chi connectivity index (χ0v) is 26.3. The first-order valence-corrected chi connectivity index (χ1v) is 15.2. The molecular formula is C32H32FN5O13. The Bertz CT molecular complexity index is 1990. The van der Waals surface area contributed by atoms with Gasteiger partial charge in [-0.15, -0.1) is 0 Å². The minimum absolute atomic E-state index is 0.00828. The van der Waals surface area contributed by atoms with E-state index in [0.717, 1.165) is 23.1 Å². The standard InChI is InChI=1S/C32H32FN5O13/c33-22-6-5-20(35-27(39)19-3-8-25-26(14-19)51-32(48,49)31(46,47)50-25)15-24(22)36-28(40)18-2-7-23-17(13-18)1-4-21(34-23)16-37-9-11-38(12-10-37)29(41,42)30(43,44)45/h1-8,13-15,41-49H,9-12,16H2,(H,35,39)(H,36,40). The predicted molar refractivity (Wildman–Crippen MR) is 169 cm³/mol. The highest BCUT2D eigenvalue weighted by molar-refractivity contribution is 6.07. The highest BCUT2D eigenvalue weighted by Crippen LogP contribution is 2.40. The number of fused-ring (bicyclic) bond motifs is 2. The quantitative estimate of drug-likeness (QED) is 0.0909. The second kappa shape index (κ2) is 13.0. The van der Waals surface area contributed by atoms with Gasteiger partial charge in [-0.1, -0.05) is 6.07 Å². The van der Waals surface area contributed by atoms with E-state index in [-0.39, 0.29) is 47.1 Å². The molecule has 2 amide bonds. The summed E-state index contributed by atoms with van der Waals surface area (Å²) in [5.41, 5.74) is 1.16. The minimum Gasteiger partial charge on any atom is -0.428 e. The number of rotatable bonds is 8. The minimum atomic E-state index is -3.72. The molecule has 3 aromatic carbocycles. The molecule has 0 aliphatic carbocycles. The summed E-state index contributed by atoms with van der Waals surface area (Å²) in [7, 11) is 0. The number of anilines is 2. The van der Waals surface area contributed by atoms with Crippen LogP contribution in [0.5, 0.6) is 11.5 Å². The van der Waals surface area contributed by atoms with Crippen LogP contribution in [0, 0.1) is 5.82 Å². The molecule has 270 valence electrons. The van der Waals surface area contributed by atoms with Gasteiger partial charge in [0.25, 0.3) is 11.8 Å². The Balaban J connectivity index is 1.08. The van der Waals surface area contributed by atoms with E-state index >= 15 is 0 Å². The van der Waals surface area contributed by atoms with Crippen LogP contribution in [-0.4, -0.2) is 123 Å². The summed E-state index contributed by atoms with van der Waals surface area (Å²) in [4.78, 5) is 33.5. The molecule has 6 rings (SSSR count). The molecule has 11 N–H and O–H groups in total. The Morgan fingerprint density at radius 3 is 2.08 bits per heavy atom. The topological polar surface area (TPSA) is 278 Å². The van der Waals surface area contributed by atoms with Crippen molar-refractivity contribution in [1.29, 1.82) is 0 Å². The lowest BCUT2D eigenvalue weighted by Gasteiger charge is -2.43. The third kappa shape index (κ3) is 7.30. The third-order valence-corrected chi connectivity index (χ3v) is 8.27. The molecule has 18 nitrogen and oxygen atoms in total. The number of nitrogens with zero attached hydrogens (tertiary/aromatic N) is 3. The molecule has 1 fully saturated rings. The van der Waals surface area contributed by atoms with Crippen molar-refractivity contribution in [3.63, 3.8) is 0 Å². The fraction of sp³-hybridized carbons (Fsp3) is 0.281. The molecule has 4 aromatic rings. The van der Waals surface area contributed by atoms with Gasteiger partial charge in [0.2, 0.25) is 0 Å². The highest BCUT2D eigenvalue weighted by Gasteiger charge is 2.58. The lowest BCUT2D eigenvalue weighted by atomic mass is 10.1. The molecule has 0 spiro atoms. The van der Waals surface area contributed by atoms with Gasteiger partial charge in [0.05, 0.1) is 16.9 Å². The Morgan fingerprint density at radius 1 is 0.765 bits per heavy atom. The van der Waals surface area contributed by atoms with Gasteiger partial charge in [-0.2, -0.15) is 0 Å². The second-order valence-corrected chi connectivity index (χ2v) is 11.9. The zero-order valence-electron chi connectivity index (χ0n) is 26.3. The number of halogens is 1. The van der Waals surface area contributed by atoms with E-state index in [4.69, 9.17) is 9.47 Å². The molecule has 0 bridgehead atoms. The van der Waals surface area contributed by atoms with Crippen molar-refractivity contribution in [2.75, 3.05) is 36.8 Å². The largest absolute Gasteiger partial charge is 0.428 e. The van der Waals surface area contributed by atoms with Crippen LogP contribution in [0.4, 0.5) is 15.8 Å². The number of pyridine rings is 1. The molecule has 0 saturated carbocycles. The summed E-state index contributed by atoms with van der Waals surface area (Å²) >= 11 is 0. The number of amides is 2. The fourth-order valence-electron chi connectivity index (χ4n) is 5.41. The molecule has 1 saturated heterocycles. The van der Waals surface area contributed by atoms with Gasteiger partial charge in [-0.25, -0.2) is 9.29 Å².